The first-order valence-electron chi connectivity index (χ1n) is 7.02. The van der Waals surface area contributed by atoms with Crippen molar-refractivity contribution < 1.29 is 25.3 Å². The van der Waals surface area contributed by atoms with E-state index < -0.39 is 18.5 Å². The zero-order valence-electron chi connectivity index (χ0n) is 11.1. The summed E-state index contributed by atoms with van der Waals surface area (Å²) in [4.78, 5) is 0. The largest absolute Gasteiger partial charge is 0.312 e. The second-order valence-electron chi connectivity index (χ2n) is 5.34. The van der Waals surface area contributed by atoms with Crippen molar-refractivity contribution >= 4 is 0 Å². The number of hydrogen-bond acceptors (Lipinski definition) is 3. The van der Waals surface area contributed by atoms with Crippen LogP contribution in [0.4, 0.5) is 0 Å². The second kappa shape index (κ2) is 7.91. The first-order chi connectivity index (χ1) is 9.35. The number of hydrogen-bond donors (Lipinski definition) is 1. The molecule has 1 aliphatic carbocycles. The third kappa shape index (κ3) is 4.22. The fourth-order valence-electron chi connectivity index (χ4n) is 3.19. The standard InChI is InChI=1S/C15H21N.2O.Pt/c1-2-4-12(5-3-1)13-6-7-15-11-16-9-8-14(15)10-13;;;/h6-7,10,12,16H,1-5,8-9,11H2;;;. The molecule has 1 aromatic rings. The molecule has 1 N–H and O–H groups in total. The maximum Gasteiger partial charge on any atom is 0.0208 e. The summed E-state index contributed by atoms with van der Waals surface area (Å²) >= 11 is -1.92. The summed E-state index contributed by atoms with van der Waals surface area (Å²) in [6.07, 6.45) is 8.36. The molecule has 3 rings (SSSR count). The second-order valence-corrected chi connectivity index (χ2v) is 5.72. The quantitative estimate of drug-likeness (QED) is 0.727. The molecule has 0 amide bonds. The fraction of sp³-hybridized carbons (Fsp3) is 0.600. The Balaban J connectivity index is 0.000000408. The summed E-state index contributed by atoms with van der Waals surface area (Å²) in [7, 11) is 0. The van der Waals surface area contributed by atoms with Crippen LogP contribution in [0.15, 0.2) is 18.2 Å². The van der Waals surface area contributed by atoms with Gasteiger partial charge in [0.2, 0.25) is 0 Å². The minimum atomic E-state index is -1.92. The van der Waals surface area contributed by atoms with Crippen LogP contribution < -0.4 is 5.32 Å². The predicted octanol–water partition coefficient (Wildman–Crippen LogP) is 3.14. The van der Waals surface area contributed by atoms with Crippen molar-refractivity contribution in [2.45, 2.75) is 51.0 Å². The molecular weight excluding hydrogens is 421 g/mol. The van der Waals surface area contributed by atoms with Crippen LogP contribution in [0.5, 0.6) is 0 Å². The van der Waals surface area contributed by atoms with Crippen molar-refractivity contribution in [3.8, 4) is 0 Å². The molecule has 0 saturated heterocycles. The SMILES string of the molecule is [O]=[Pt]=[O].c1cc2c(cc1C1CCCCC1)CCNC2. The molecule has 1 aliphatic heterocycles. The van der Waals surface area contributed by atoms with Crippen LogP contribution in [0.25, 0.3) is 0 Å². The van der Waals surface area contributed by atoms with E-state index in [0.29, 0.717) is 0 Å². The third-order valence-electron chi connectivity index (χ3n) is 4.19. The molecule has 1 heterocycles. The average Bonchev–Trinajstić information content (AvgIpc) is 2.48. The van der Waals surface area contributed by atoms with Crippen LogP contribution in [0.3, 0.4) is 0 Å². The number of rotatable bonds is 1. The van der Waals surface area contributed by atoms with Crippen molar-refractivity contribution in [1.29, 1.82) is 0 Å². The smallest absolute Gasteiger partial charge is 0.0208 e. The Morgan fingerprint density at radius 2 is 1.79 bits per heavy atom. The molecule has 0 atom stereocenters. The van der Waals surface area contributed by atoms with Crippen LogP contribution in [-0.4, -0.2) is 6.54 Å². The zero-order valence-corrected chi connectivity index (χ0v) is 13.4. The van der Waals surface area contributed by atoms with Gasteiger partial charge in [-0.3, -0.25) is 0 Å². The first-order valence-corrected chi connectivity index (χ1v) is 8.87. The van der Waals surface area contributed by atoms with Crippen molar-refractivity contribution in [3.63, 3.8) is 0 Å². The van der Waals surface area contributed by atoms with Crippen LogP contribution >= 0.6 is 0 Å². The summed E-state index contributed by atoms with van der Waals surface area (Å²) in [6.45, 7) is 2.22. The van der Waals surface area contributed by atoms with Gasteiger partial charge in [-0.1, -0.05) is 37.5 Å². The van der Waals surface area contributed by atoms with Crippen molar-refractivity contribution in [2.75, 3.05) is 6.54 Å². The van der Waals surface area contributed by atoms with Gasteiger partial charge in [-0.05, 0) is 48.4 Å². The van der Waals surface area contributed by atoms with Gasteiger partial charge in [0.15, 0.2) is 0 Å². The summed E-state index contributed by atoms with van der Waals surface area (Å²) < 4.78 is 17.0. The van der Waals surface area contributed by atoms with Gasteiger partial charge in [0.1, 0.15) is 0 Å². The van der Waals surface area contributed by atoms with E-state index in [1.54, 1.807) is 11.1 Å². The van der Waals surface area contributed by atoms with E-state index in [0.717, 1.165) is 19.0 Å². The van der Waals surface area contributed by atoms with E-state index in [1.165, 1.54) is 44.1 Å². The van der Waals surface area contributed by atoms with Gasteiger partial charge < -0.3 is 5.32 Å². The van der Waals surface area contributed by atoms with E-state index in [9.17, 15) is 0 Å². The Bertz CT molecular complexity index is 449. The van der Waals surface area contributed by atoms with Crippen LogP contribution in [0.1, 0.15) is 54.7 Å². The zero-order chi connectivity index (χ0) is 13.5. The molecule has 0 unspecified atom stereocenters. The maximum atomic E-state index is 8.49. The average molecular weight is 442 g/mol. The maximum absolute atomic E-state index is 8.49. The van der Waals surface area contributed by atoms with Gasteiger partial charge >= 0.3 is 25.3 Å². The Morgan fingerprint density at radius 1 is 1.05 bits per heavy atom. The van der Waals surface area contributed by atoms with Gasteiger partial charge in [0.05, 0.1) is 0 Å². The summed E-state index contributed by atoms with van der Waals surface area (Å²) in [5, 5.41) is 3.44. The number of nitrogens with one attached hydrogen (secondary N) is 1. The van der Waals surface area contributed by atoms with Crippen LogP contribution in [0.2, 0.25) is 0 Å². The minimum Gasteiger partial charge on any atom is -0.312 e. The van der Waals surface area contributed by atoms with E-state index in [-0.39, 0.29) is 0 Å². The normalized spacial score (nSPS) is 19.4. The molecule has 0 radical (unpaired) electrons. The fourth-order valence-corrected chi connectivity index (χ4v) is 3.19. The van der Waals surface area contributed by atoms with Crippen molar-refractivity contribution in [2.24, 2.45) is 0 Å². The molecule has 0 aromatic heterocycles. The molecule has 19 heavy (non-hydrogen) atoms. The van der Waals surface area contributed by atoms with E-state index in [2.05, 4.69) is 23.5 Å². The van der Waals surface area contributed by atoms with Gasteiger partial charge in [-0.15, -0.1) is 0 Å². The van der Waals surface area contributed by atoms with Crippen molar-refractivity contribution in [1.82, 2.24) is 5.32 Å². The van der Waals surface area contributed by atoms with Gasteiger partial charge in [-0.25, -0.2) is 0 Å². The number of fused-ring (bicyclic) bond motifs is 1. The minimum absolute atomic E-state index is 0.855. The summed E-state index contributed by atoms with van der Waals surface area (Å²) in [5.74, 6) is 0.855. The molecule has 108 valence electrons. The Labute approximate surface area is 123 Å². The predicted molar refractivity (Wildman–Crippen MR) is 69.1 cm³/mol. The first kappa shape index (κ1) is 14.9. The Morgan fingerprint density at radius 3 is 2.53 bits per heavy atom. The molecule has 4 heteroatoms. The molecule has 3 nitrogen and oxygen atoms in total. The van der Waals surface area contributed by atoms with Gasteiger partial charge in [0, 0.05) is 6.54 Å². The van der Waals surface area contributed by atoms with E-state index >= 15 is 0 Å². The Kier molecular flexibility index (Phi) is 6.19. The molecule has 2 aliphatic rings. The molecule has 0 bridgehead atoms. The molecule has 0 spiro atoms. The van der Waals surface area contributed by atoms with Gasteiger partial charge in [0.25, 0.3) is 0 Å². The molecule has 1 aromatic carbocycles. The van der Waals surface area contributed by atoms with E-state index in [4.69, 9.17) is 6.80 Å². The monoisotopic (exact) mass is 442 g/mol. The molecular formula is C15H21NO2Pt. The van der Waals surface area contributed by atoms with Crippen molar-refractivity contribution in [3.05, 3.63) is 34.9 Å². The molecule has 1 saturated carbocycles. The van der Waals surface area contributed by atoms with Crippen LogP contribution in [0, 0.1) is 0 Å². The Hall–Kier alpha value is -0.532. The summed E-state index contributed by atoms with van der Waals surface area (Å²) in [6, 6.07) is 7.22. The van der Waals surface area contributed by atoms with E-state index in [1.807, 2.05) is 0 Å². The van der Waals surface area contributed by atoms with Gasteiger partial charge in [-0.2, -0.15) is 0 Å². The summed E-state index contributed by atoms with van der Waals surface area (Å²) in [5.41, 5.74) is 4.73. The van der Waals surface area contributed by atoms with Crippen LogP contribution in [-0.2, 0) is 38.2 Å². The molecule has 1 fully saturated rings. The number of benzene rings is 1. The topological polar surface area (TPSA) is 46.2 Å². The third-order valence-corrected chi connectivity index (χ3v) is 4.19.